The van der Waals surface area contributed by atoms with Crippen molar-refractivity contribution in [2.24, 2.45) is 5.41 Å². The smallest absolute Gasteiger partial charge is 0.225 e. The summed E-state index contributed by atoms with van der Waals surface area (Å²) in [5, 5.41) is 2.99. The highest BCUT2D eigenvalue weighted by Crippen LogP contribution is 2.15. The molecule has 0 unspecified atom stereocenters. The molecule has 0 aliphatic rings. The van der Waals surface area contributed by atoms with Crippen LogP contribution in [0.1, 0.15) is 33.3 Å². The molecule has 19 heavy (non-hydrogen) atoms. The van der Waals surface area contributed by atoms with E-state index in [4.69, 9.17) is 0 Å². The number of hydrogen-bond donors (Lipinski definition) is 1. The number of anilines is 1. The van der Waals surface area contributed by atoms with Crippen LogP contribution in [0.25, 0.3) is 0 Å². The van der Waals surface area contributed by atoms with Crippen LogP contribution >= 0.6 is 0 Å². The SMILES string of the molecule is CCN(CCNC(=O)C(C)(C)C)c1cccc(C)c1. The van der Waals surface area contributed by atoms with Crippen molar-refractivity contribution in [2.45, 2.75) is 34.6 Å². The van der Waals surface area contributed by atoms with Gasteiger partial charge in [0, 0.05) is 30.7 Å². The molecule has 1 aromatic rings. The summed E-state index contributed by atoms with van der Waals surface area (Å²) in [4.78, 5) is 14.1. The number of rotatable bonds is 5. The topological polar surface area (TPSA) is 32.3 Å². The Hall–Kier alpha value is -1.51. The molecule has 1 amide bonds. The van der Waals surface area contributed by atoms with E-state index in [1.54, 1.807) is 0 Å². The molecule has 3 heteroatoms. The number of carbonyl (C=O) groups excluding carboxylic acids is 1. The molecule has 0 fully saturated rings. The van der Waals surface area contributed by atoms with E-state index in [1.165, 1.54) is 11.3 Å². The van der Waals surface area contributed by atoms with E-state index in [0.29, 0.717) is 6.54 Å². The van der Waals surface area contributed by atoms with Crippen LogP contribution in [-0.2, 0) is 4.79 Å². The zero-order valence-electron chi connectivity index (χ0n) is 12.8. The number of nitrogens with zero attached hydrogens (tertiary/aromatic N) is 1. The van der Waals surface area contributed by atoms with Gasteiger partial charge < -0.3 is 10.2 Å². The molecule has 0 spiro atoms. The molecular weight excluding hydrogens is 236 g/mol. The van der Waals surface area contributed by atoms with E-state index < -0.39 is 0 Å². The zero-order chi connectivity index (χ0) is 14.5. The van der Waals surface area contributed by atoms with Gasteiger partial charge in [0.05, 0.1) is 0 Å². The summed E-state index contributed by atoms with van der Waals surface area (Å²) in [6.07, 6.45) is 0. The molecule has 0 bridgehead atoms. The average Bonchev–Trinajstić information content (AvgIpc) is 2.33. The Morgan fingerprint density at radius 1 is 1.32 bits per heavy atom. The van der Waals surface area contributed by atoms with Crippen molar-refractivity contribution < 1.29 is 4.79 Å². The van der Waals surface area contributed by atoms with Gasteiger partial charge in [0.25, 0.3) is 0 Å². The quantitative estimate of drug-likeness (QED) is 0.884. The Kier molecular flexibility index (Phi) is 5.40. The fraction of sp³-hybridized carbons (Fsp3) is 0.562. The minimum absolute atomic E-state index is 0.104. The van der Waals surface area contributed by atoms with Gasteiger partial charge >= 0.3 is 0 Å². The summed E-state index contributed by atoms with van der Waals surface area (Å²) >= 11 is 0. The average molecular weight is 262 g/mol. The predicted octanol–water partition coefficient (Wildman–Crippen LogP) is 2.98. The Morgan fingerprint density at radius 2 is 2.00 bits per heavy atom. The molecule has 3 nitrogen and oxygen atoms in total. The van der Waals surface area contributed by atoms with Crippen LogP contribution in [0, 0.1) is 12.3 Å². The number of carbonyl (C=O) groups is 1. The minimum Gasteiger partial charge on any atom is -0.370 e. The van der Waals surface area contributed by atoms with Crippen LogP contribution in [-0.4, -0.2) is 25.5 Å². The second kappa shape index (κ2) is 6.60. The maximum Gasteiger partial charge on any atom is 0.225 e. The molecule has 0 aromatic heterocycles. The van der Waals surface area contributed by atoms with Gasteiger partial charge in [-0.25, -0.2) is 0 Å². The molecule has 106 valence electrons. The molecular formula is C16H26N2O. The monoisotopic (exact) mass is 262 g/mol. The first kappa shape index (κ1) is 15.5. The number of likely N-dealkylation sites (N-methyl/N-ethyl adjacent to an activating group) is 1. The lowest BCUT2D eigenvalue weighted by Gasteiger charge is -2.25. The first-order valence-corrected chi connectivity index (χ1v) is 6.94. The summed E-state index contributed by atoms with van der Waals surface area (Å²) in [5.74, 6) is 0.104. The molecule has 0 aliphatic carbocycles. The lowest BCUT2D eigenvalue weighted by atomic mass is 9.96. The fourth-order valence-electron chi connectivity index (χ4n) is 1.86. The van der Waals surface area contributed by atoms with E-state index in [-0.39, 0.29) is 11.3 Å². The fourth-order valence-corrected chi connectivity index (χ4v) is 1.86. The maximum absolute atomic E-state index is 11.8. The summed E-state index contributed by atoms with van der Waals surface area (Å²) in [6, 6.07) is 8.46. The molecule has 0 aliphatic heterocycles. The van der Waals surface area contributed by atoms with Crippen LogP contribution in [0.2, 0.25) is 0 Å². The number of aryl methyl sites for hydroxylation is 1. The second-order valence-electron chi connectivity index (χ2n) is 5.92. The largest absolute Gasteiger partial charge is 0.370 e. The lowest BCUT2D eigenvalue weighted by Crippen LogP contribution is -2.40. The number of hydrogen-bond acceptors (Lipinski definition) is 2. The van der Waals surface area contributed by atoms with E-state index in [1.807, 2.05) is 20.8 Å². The van der Waals surface area contributed by atoms with Gasteiger partial charge in [0.2, 0.25) is 5.91 Å². The maximum atomic E-state index is 11.8. The van der Waals surface area contributed by atoms with Crippen LogP contribution in [0.4, 0.5) is 5.69 Å². The van der Waals surface area contributed by atoms with Crippen molar-refractivity contribution in [3.05, 3.63) is 29.8 Å². The van der Waals surface area contributed by atoms with Crippen molar-refractivity contribution >= 4 is 11.6 Å². The lowest BCUT2D eigenvalue weighted by molar-refractivity contribution is -0.128. The van der Waals surface area contributed by atoms with E-state index in [2.05, 4.69) is 48.3 Å². The molecule has 0 atom stereocenters. The predicted molar refractivity (Wildman–Crippen MR) is 81.5 cm³/mol. The Bertz CT molecular complexity index is 421. The Labute approximate surface area is 117 Å². The summed E-state index contributed by atoms with van der Waals surface area (Å²) in [5.41, 5.74) is 2.16. The van der Waals surface area contributed by atoms with Gasteiger partial charge in [-0.15, -0.1) is 0 Å². The van der Waals surface area contributed by atoms with Crippen molar-refractivity contribution in [3.8, 4) is 0 Å². The molecule has 1 rings (SSSR count). The van der Waals surface area contributed by atoms with Crippen LogP contribution in [0.5, 0.6) is 0 Å². The summed E-state index contributed by atoms with van der Waals surface area (Å²) in [6.45, 7) is 12.5. The minimum atomic E-state index is -0.319. The molecule has 0 saturated carbocycles. The van der Waals surface area contributed by atoms with Crippen molar-refractivity contribution in [1.82, 2.24) is 5.32 Å². The van der Waals surface area contributed by atoms with E-state index >= 15 is 0 Å². The van der Waals surface area contributed by atoms with Gasteiger partial charge in [-0.1, -0.05) is 32.9 Å². The third-order valence-corrected chi connectivity index (χ3v) is 3.10. The summed E-state index contributed by atoms with van der Waals surface area (Å²) in [7, 11) is 0. The highest BCUT2D eigenvalue weighted by atomic mass is 16.2. The highest BCUT2D eigenvalue weighted by Gasteiger charge is 2.20. The summed E-state index contributed by atoms with van der Waals surface area (Å²) < 4.78 is 0. The number of amides is 1. The first-order valence-electron chi connectivity index (χ1n) is 6.94. The van der Waals surface area contributed by atoms with Crippen molar-refractivity contribution in [2.75, 3.05) is 24.5 Å². The normalized spacial score (nSPS) is 11.2. The van der Waals surface area contributed by atoms with Gasteiger partial charge in [-0.3, -0.25) is 4.79 Å². The van der Waals surface area contributed by atoms with Gasteiger partial charge in [0.1, 0.15) is 0 Å². The first-order chi connectivity index (χ1) is 8.84. The molecule has 0 saturated heterocycles. The van der Waals surface area contributed by atoms with Crippen molar-refractivity contribution in [3.63, 3.8) is 0 Å². The second-order valence-corrected chi connectivity index (χ2v) is 5.92. The Balaban J connectivity index is 2.53. The van der Waals surface area contributed by atoms with E-state index in [9.17, 15) is 4.79 Å². The molecule has 1 aromatic carbocycles. The van der Waals surface area contributed by atoms with Crippen molar-refractivity contribution in [1.29, 1.82) is 0 Å². The molecule has 1 N–H and O–H groups in total. The van der Waals surface area contributed by atoms with Crippen LogP contribution in [0.15, 0.2) is 24.3 Å². The number of nitrogens with one attached hydrogen (secondary N) is 1. The van der Waals surface area contributed by atoms with Gasteiger partial charge in [0.15, 0.2) is 0 Å². The van der Waals surface area contributed by atoms with Crippen LogP contribution in [0.3, 0.4) is 0 Å². The van der Waals surface area contributed by atoms with Gasteiger partial charge in [-0.2, -0.15) is 0 Å². The molecule has 0 heterocycles. The standard InChI is InChI=1S/C16H26N2O/c1-6-18(14-9-7-8-13(2)12-14)11-10-17-15(19)16(3,4)5/h7-9,12H,6,10-11H2,1-5H3,(H,17,19). The zero-order valence-corrected chi connectivity index (χ0v) is 12.8. The molecule has 0 radical (unpaired) electrons. The number of benzene rings is 1. The van der Waals surface area contributed by atoms with E-state index in [0.717, 1.165) is 13.1 Å². The third kappa shape index (κ3) is 4.93. The third-order valence-electron chi connectivity index (χ3n) is 3.10. The Morgan fingerprint density at radius 3 is 2.53 bits per heavy atom. The van der Waals surface area contributed by atoms with Gasteiger partial charge in [-0.05, 0) is 31.5 Å². The van der Waals surface area contributed by atoms with Crippen LogP contribution < -0.4 is 10.2 Å². The highest BCUT2D eigenvalue weighted by molar-refractivity contribution is 5.81.